The maximum Gasteiger partial charge on any atom is 0.138 e. The number of methoxy groups -OCH3 is 1. The van der Waals surface area contributed by atoms with Crippen molar-refractivity contribution in [2.45, 2.75) is 26.4 Å². The molecule has 0 aliphatic carbocycles. The van der Waals surface area contributed by atoms with Crippen LogP contribution in [0.25, 0.3) is 11.1 Å². The van der Waals surface area contributed by atoms with Crippen molar-refractivity contribution in [3.63, 3.8) is 0 Å². The van der Waals surface area contributed by atoms with Crippen LogP contribution in [0.3, 0.4) is 0 Å². The first kappa shape index (κ1) is 16.2. The monoisotopic (exact) mass is 323 g/mol. The number of nitrogens with one attached hydrogen (secondary N) is 1. The summed E-state index contributed by atoms with van der Waals surface area (Å²) >= 11 is 12.5. The van der Waals surface area contributed by atoms with E-state index in [0.717, 1.165) is 17.7 Å². The average molecular weight is 324 g/mol. The summed E-state index contributed by atoms with van der Waals surface area (Å²) in [5, 5.41) is 4.59. The predicted molar refractivity (Wildman–Crippen MR) is 90.4 cm³/mol. The summed E-state index contributed by atoms with van der Waals surface area (Å²) in [5.41, 5.74) is 3.17. The Labute approximate surface area is 136 Å². The first-order valence-electron chi connectivity index (χ1n) is 6.87. The smallest absolute Gasteiger partial charge is 0.138 e. The minimum atomic E-state index is 0.452. The van der Waals surface area contributed by atoms with Gasteiger partial charge in [0.05, 0.1) is 17.2 Å². The van der Waals surface area contributed by atoms with E-state index < -0.39 is 0 Å². The van der Waals surface area contributed by atoms with E-state index in [1.54, 1.807) is 13.2 Å². The van der Waals surface area contributed by atoms with Crippen molar-refractivity contribution < 1.29 is 4.74 Å². The minimum Gasteiger partial charge on any atom is -0.495 e. The van der Waals surface area contributed by atoms with Gasteiger partial charge in [0.15, 0.2) is 0 Å². The van der Waals surface area contributed by atoms with Gasteiger partial charge in [-0.2, -0.15) is 0 Å². The third-order valence-corrected chi connectivity index (χ3v) is 3.80. The Balaban J connectivity index is 2.34. The van der Waals surface area contributed by atoms with Crippen molar-refractivity contribution in [1.82, 2.24) is 5.32 Å². The van der Waals surface area contributed by atoms with Crippen LogP contribution in [0.4, 0.5) is 0 Å². The van der Waals surface area contributed by atoms with Gasteiger partial charge < -0.3 is 10.1 Å². The van der Waals surface area contributed by atoms with Crippen molar-refractivity contribution in [1.29, 1.82) is 0 Å². The van der Waals surface area contributed by atoms with Crippen LogP contribution in [0.5, 0.6) is 5.75 Å². The third kappa shape index (κ3) is 4.13. The summed E-state index contributed by atoms with van der Waals surface area (Å²) in [5.74, 6) is 0.586. The molecule has 2 aromatic carbocycles. The molecule has 0 aromatic heterocycles. The molecule has 0 spiro atoms. The standard InChI is InChI=1S/C17H19Cl2NO/c1-11(2)20-10-12-5-4-6-13(7-12)14-8-16(19)17(21-3)9-15(14)18/h4-9,11,20H,10H2,1-3H3. The van der Waals surface area contributed by atoms with Gasteiger partial charge in [-0.25, -0.2) is 0 Å². The topological polar surface area (TPSA) is 21.3 Å². The van der Waals surface area contributed by atoms with Gasteiger partial charge >= 0.3 is 0 Å². The number of hydrogen-bond acceptors (Lipinski definition) is 2. The SMILES string of the molecule is COc1cc(Cl)c(-c2cccc(CNC(C)C)c2)cc1Cl. The molecule has 1 N–H and O–H groups in total. The average Bonchev–Trinajstić information content (AvgIpc) is 2.47. The van der Waals surface area contributed by atoms with E-state index in [9.17, 15) is 0 Å². The number of hydrogen-bond donors (Lipinski definition) is 1. The molecule has 2 aromatic rings. The molecule has 0 amide bonds. The van der Waals surface area contributed by atoms with Gasteiger partial charge in [-0.3, -0.25) is 0 Å². The highest BCUT2D eigenvalue weighted by Crippen LogP contribution is 2.36. The second-order valence-electron chi connectivity index (χ2n) is 5.20. The Morgan fingerprint density at radius 1 is 1.10 bits per heavy atom. The molecule has 0 bridgehead atoms. The van der Waals surface area contributed by atoms with Gasteiger partial charge in [-0.15, -0.1) is 0 Å². The van der Waals surface area contributed by atoms with E-state index in [1.807, 2.05) is 18.2 Å². The molecule has 0 saturated carbocycles. The van der Waals surface area contributed by atoms with Gasteiger partial charge in [-0.1, -0.05) is 55.2 Å². The van der Waals surface area contributed by atoms with E-state index in [4.69, 9.17) is 27.9 Å². The molecule has 0 atom stereocenters. The number of halogens is 2. The Hall–Kier alpha value is -1.22. The normalized spacial score (nSPS) is 11.0. The van der Waals surface area contributed by atoms with Crippen LogP contribution in [0, 0.1) is 0 Å². The molecule has 2 rings (SSSR count). The summed E-state index contributed by atoms with van der Waals surface area (Å²) in [6.45, 7) is 5.08. The van der Waals surface area contributed by atoms with Crippen molar-refractivity contribution in [3.8, 4) is 16.9 Å². The fraction of sp³-hybridized carbons (Fsp3) is 0.294. The van der Waals surface area contributed by atoms with Crippen LogP contribution in [0.15, 0.2) is 36.4 Å². The summed E-state index contributed by atoms with van der Waals surface area (Å²) in [6.07, 6.45) is 0. The van der Waals surface area contributed by atoms with Crippen LogP contribution in [0.2, 0.25) is 10.0 Å². The lowest BCUT2D eigenvalue weighted by Gasteiger charge is -2.12. The minimum absolute atomic E-state index is 0.452. The molecule has 4 heteroatoms. The Morgan fingerprint density at radius 2 is 1.86 bits per heavy atom. The molecule has 0 unspecified atom stereocenters. The molecule has 0 fully saturated rings. The molecule has 2 nitrogen and oxygen atoms in total. The van der Waals surface area contributed by atoms with Gasteiger partial charge in [0, 0.05) is 24.2 Å². The van der Waals surface area contributed by atoms with Gasteiger partial charge in [0.2, 0.25) is 0 Å². The van der Waals surface area contributed by atoms with Gasteiger partial charge in [-0.05, 0) is 23.3 Å². The molecule has 0 aliphatic rings. The second-order valence-corrected chi connectivity index (χ2v) is 6.02. The highest BCUT2D eigenvalue weighted by Gasteiger charge is 2.10. The summed E-state index contributed by atoms with van der Waals surface area (Å²) in [7, 11) is 1.58. The molecule has 21 heavy (non-hydrogen) atoms. The van der Waals surface area contributed by atoms with E-state index in [0.29, 0.717) is 21.8 Å². The van der Waals surface area contributed by atoms with Crippen LogP contribution in [-0.4, -0.2) is 13.2 Å². The first-order chi connectivity index (χ1) is 10.0. The Bertz CT molecular complexity index is 626. The van der Waals surface area contributed by atoms with Crippen LogP contribution in [-0.2, 0) is 6.54 Å². The lowest BCUT2D eigenvalue weighted by molar-refractivity contribution is 0.415. The predicted octanol–water partition coefficient (Wildman–Crippen LogP) is 5.17. The lowest BCUT2D eigenvalue weighted by atomic mass is 10.0. The fourth-order valence-electron chi connectivity index (χ4n) is 2.08. The maximum absolute atomic E-state index is 6.34. The van der Waals surface area contributed by atoms with Crippen molar-refractivity contribution in [2.24, 2.45) is 0 Å². The zero-order valence-electron chi connectivity index (χ0n) is 12.4. The Kier molecular flexibility index (Phi) is 5.51. The third-order valence-electron chi connectivity index (χ3n) is 3.19. The zero-order valence-corrected chi connectivity index (χ0v) is 13.9. The number of benzene rings is 2. The summed E-state index contributed by atoms with van der Waals surface area (Å²) in [4.78, 5) is 0. The summed E-state index contributed by atoms with van der Waals surface area (Å²) in [6, 6.07) is 12.3. The number of ether oxygens (including phenoxy) is 1. The van der Waals surface area contributed by atoms with Crippen molar-refractivity contribution in [3.05, 3.63) is 52.0 Å². The van der Waals surface area contributed by atoms with Gasteiger partial charge in [0.25, 0.3) is 0 Å². The molecular weight excluding hydrogens is 305 g/mol. The van der Waals surface area contributed by atoms with Crippen LogP contribution in [0.1, 0.15) is 19.4 Å². The van der Waals surface area contributed by atoms with Crippen LogP contribution >= 0.6 is 23.2 Å². The van der Waals surface area contributed by atoms with E-state index in [-0.39, 0.29) is 0 Å². The largest absolute Gasteiger partial charge is 0.495 e. The lowest BCUT2D eigenvalue weighted by Crippen LogP contribution is -2.21. The zero-order chi connectivity index (χ0) is 15.4. The van der Waals surface area contributed by atoms with Gasteiger partial charge in [0.1, 0.15) is 5.75 Å². The Morgan fingerprint density at radius 3 is 2.52 bits per heavy atom. The first-order valence-corrected chi connectivity index (χ1v) is 7.62. The van der Waals surface area contributed by atoms with Crippen LogP contribution < -0.4 is 10.1 Å². The van der Waals surface area contributed by atoms with E-state index >= 15 is 0 Å². The second kappa shape index (κ2) is 7.17. The quantitative estimate of drug-likeness (QED) is 0.819. The highest BCUT2D eigenvalue weighted by molar-refractivity contribution is 6.36. The van der Waals surface area contributed by atoms with Crippen molar-refractivity contribution in [2.75, 3.05) is 7.11 Å². The molecule has 0 radical (unpaired) electrons. The molecule has 0 saturated heterocycles. The molecular formula is C17H19Cl2NO. The number of rotatable bonds is 5. The molecule has 112 valence electrons. The molecule has 0 aliphatic heterocycles. The van der Waals surface area contributed by atoms with E-state index in [2.05, 4.69) is 31.3 Å². The van der Waals surface area contributed by atoms with Crippen molar-refractivity contribution >= 4 is 23.2 Å². The fourth-order valence-corrected chi connectivity index (χ4v) is 2.58. The summed E-state index contributed by atoms with van der Waals surface area (Å²) < 4.78 is 5.18. The highest BCUT2D eigenvalue weighted by atomic mass is 35.5. The van der Waals surface area contributed by atoms with E-state index in [1.165, 1.54) is 5.56 Å². The molecule has 0 heterocycles. The maximum atomic E-state index is 6.34.